The van der Waals surface area contributed by atoms with Gasteiger partial charge >= 0.3 is 23.5 Å². The maximum atomic E-state index is 13.3. The van der Waals surface area contributed by atoms with Gasteiger partial charge in [-0.05, 0) is 68.9 Å². The fourth-order valence-electron chi connectivity index (χ4n) is 6.85. The highest BCUT2D eigenvalue weighted by Crippen LogP contribution is 2.52. The minimum absolute atomic E-state index is 0.0119. The number of methoxy groups -OCH3 is 1. The summed E-state index contributed by atoms with van der Waals surface area (Å²) in [6.07, 6.45) is 7.15. The first kappa shape index (κ1) is 40.9. The Bertz CT molecular complexity index is 2020. The van der Waals surface area contributed by atoms with E-state index in [1.807, 2.05) is 6.92 Å². The number of hydrogen-bond acceptors (Lipinski definition) is 14. The number of rotatable bonds is 15. The molecule has 0 spiro atoms. The molecule has 0 N–H and O–H groups in total. The molecule has 2 aliphatic rings. The normalized spacial score (nSPS) is 24.8. The second-order valence-electron chi connectivity index (χ2n) is 13.4. The SMILES string of the molecule is CC[C@H]1O[C@@]2(C)[C@H](OC(C)=O)[C@@]1(C)O[C@@H](/C=C/C=C/C=C/c1oc(=O)cc(OC)c1C)[C@@H]2OC(=O)CCCC(=O)OCc1c(-c2ccc(Cl)cc2)no[n+]1[O-]. The van der Waals surface area contributed by atoms with Crippen molar-refractivity contribution < 1.29 is 56.8 Å². The maximum absolute atomic E-state index is 13.3. The number of allylic oxidation sites excluding steroid dienone is 4. The van der Waals surface area contributed by atoms with Crippen LogP contribution in [-0.4, -0.2) is 65.8 Å². The van der Waals surface area contributed by atoms with Crippen molar-refractivity contribution in [1.29, 1.82) is 0 Å². The second kappa shape index (κ2) is 17.5. The van der Waals surface area contributed by atoms with Gasteiger partial charge in [0.05, 0.1) is 19.3 Å². The van der Waals surface area contributed by atoms with Crippen LogP contribution in [0.5, 0.6) is 5.75 Å². The number of carbonyl (C=O) groups is 3. The van der Waals surface area contributed by atoms with Gasteiger partial charge in [0.2, 0.25) is 5.69 Å². The molecule has 2 fully saturated rings. The molecule has 6 atom stereocenters. The van der Waals surface area contributed by atoms with Crippen molar-refractivity contribution >= 4 is 35.6 Å². The van der Waals surface area contributed by atoms with Gasteiger partial charge in [0.25, 0.3) is 5.69 Å². The van der Waals surface area contributed by atoms with Crippen LogP contribution in [0.25, 0.3) is 17.3 Å². The summed E-state index contributed by atoms with van der Waals surface area (Å²) in [4.78, 5) is 50.2. The lowest BCUT2D eigenvalue weighted by molar-refractivity contribution is -0.808. The van der Waals surface area contributed by atoms with Crippen LogP contribution in [0, 0.1) is 12.1 Å². The van der Waals surface area contributed by atoms with E-state index in [0.717, 1.165) is 0 Å². The Morgan fingerprint density at radius 1 is 1.02 bits per heavy atom. The summed E-state index contributed by atoms with van der Waals surface area (Å²) < 4.78 is 45.3. The monoisotopic (exact) mass is 782 g/mol. The van der Waals surface area contributed by atoms with Gasteiger partial charge in [-0.15, -0.1) is 0 Å². The first-order valence-corrected chi connectivity index (χ1v) is 18.0. The van der Waals surface area contributed by atoms with Crippen molar-refractivity contribution in [2.24, 2.45) is 0 Å². The minimum Gasteiger partial charge on any atom is -0.496 e. The van der Waals surface area contributed by atoms with Gasteiger partial charge in [-0.25, -0.2) is 4.79 Å². The summed E-state index contributed by atoms with van der Waals surface area (Å²) in [7, 11) is 1.47. The van der Waals surface area contributed by atoms with Crippen molar-refractivity contribution in [3.63, 3.8) is 0 Å². The average molecular weight is 783 g/mol. The van der Waals surface area contributed by atoms with E-state index in [4.69, 9.17) is 49.1 Å². The fourth-order valence-corrected chi connectivity index (χ4v) is 6.98. The van der Waals surface area contributed by atoms with E-state index >= 15 is 0 Å². The summed E-state index contributed by atoms with van der Waals surface area (Å²) in [5.74, 6) is -1.10. The van der Waals surface area contributed by atoms with Crippen LogP contribution in [0.3, 0.4) is 0 Å². The van der Waals surface area contributed by atoms with Crippen LogP contribution in [0.4, 0.5) is 0 Å². The summed E-state index contributed by atoms with van der Waals surface area (Å²) in [6.45, 7) is 8.09. The second-order valence-corrected chi connectivity index (χ2v) is 13.8. The topological polar surface area (TPSA) is 190 Å². The first-order valence-electron chi connectivity index (χ1n) is 17.6. The number of aromatic nitrogens is 2. The van der Waals surface area contributed by atoms with Gasteiger partial charge in [-0.1, -0.05) is 48.9 Å². The van der Waals surface area contributed by atoms with Crippen molar-refractivity contribution in [3.05, 3.63) is 98.4 Å². The number of nitrogens with zero attached hydrogens (tertiary/aromatic N) is 2. The highest BCUT2D eigenvalue weighted by Gasteiger charge is 2.71. The third kappa shape index (κ3) is 9.18. The van der Waals surface area contributed by atoms with E-state index in [9.17, 15) is 24.4 Å². The molecule has 15 nitrogen and oxygen atoms in total. The van der Waals surface area contributed by atoms with E-state index in [-0.39, 0.29) is 35.6 Å². The van der Waals surface area contributed by atoms with Gasteiger partial charge in [-0.3, -0.25) is 19.0 Å². The number of ether oxygens (including phenoxy) is 6. The molecular formula is C39H43ClN2O13. The lowest BCUT2D eigenvalue weighted by atomic mass is 9.77. The van der Waals surface area contributed by atoms with E-state index < -0.39 is 65.8 Å². The lowest BCUT2D eigenvalue weighted by Gasteiger charge is -2.48. The average Bonchev–Trinajstić information content (AvgIpc) is 3.58. The van der Waals surface area contributed by atoms with Crippen molar-refractivity contribution in [2.45, 2.75) is 103 Å². The quantitative estimate of drug-likeness (QED) is 0.0812. The van der Waals surface area contributed by atoms with Crippen LogP contribution in [0.15, 0.2) is 74.6 Å². The van der Waals surface area contributed by atoms with Crippen molar-refractivity contribution in [2.75, 3.05) is 7.11 Å². The van der Waals surface area contributed by atoms with Crippen molar-refractivity contribution in [1.82, 2.24) is 5.16 Å². The Morgan fingerprint density at radius 2 is 1.73 bits per heavy atom. The molecule has 2 bridgehead atoms. The highest BCUT2D eigenvalue weighted by molar-refractivity contribution is 6.30. The Kier molecular flexibility index (Phi) is 13.0. The molecule has 55 heavy (non-hydrogen) atoms. The number of fused-ring (bicyclic) bond motifs is 2. The largest absolute Gasteiger partial charge is 0.496 e. The van der Waals surface area contributed by atoms with Gasteiger partial charge < -0.3 is 38.0 Å². The van der Waals surface area contributed by atoms with Crippen LogP contribution >= 0.6 is 11.6 Å². The van der Waals surface area contributed by atoms with Crippen LogP contribution in [0.2, 0.25) is 5.02 Å². The zero-order valence-corrected chi connectivity index (χ0v) is 32.0. The number of carbonyl (C=O) groups excluding carboxylic acids is 3. The molecular weight excluding hydrogens is 740 g/mol. The van der Waals surface area contributed by atoms with Crippen LogP contribution in [-0.2, 0) is 44.7 Å². The number of hydrogen-bond donors (Lipinski definition) is 0. The molecule has 4 heterocycles. The molecule has 2 aliphatic heterocycles. The summed E-state index contributed by atoms with van der Waals surface area (Å²) in [5.41, 5.74) is -1.50. The zero-order valence-electron chi connectivity index (χ0n) is 31.3. The molecule has 0 aliphatic carbocycles. The Labute approximate surface area is 321 Å². The molecule has 0 unspecified atom stereocenters. The molecule has 1 aromatic carbocycles. The standard InChI is InChI=1S/C39H43ClN2O13/c1-7-31-38(4)37(50-24(3)43)39(5,54-31)36(29(53-38)14-11-9-8-10-13-28-23(2)30(48-6)21-34(46)51-28)52-33(45)16-12-15-32(44)49-22-27-35(41-55-42(27)47)25-17-19-26(40)20-18-25/h8-11,13-14,17-21,29,31,36-37H,7,12,15-16,22H2,1-6H3/b9-8+,13-10+,14-11+/t29-,31+,36-,37+,38-,39+/m0/s1. The predicted octanol–water partition coefficient (Wildman–Crippen LogP) is 5.51. The molecule has 3 aromatic rings. The fraction of sp³-hybridized carbons (Fsp3) is 0.436. The first-order chi connectivity index (χ1) is 26.2. The Balaban J connectivity index is 1.25. The van der Waals surface area contributed by atoms with Gasteiger partial charge in [0.1, 0.15) is 28.8 Å². The minimum atomic E-state index is -1.29. The molecule has 2 aromatic heterocycles. The van der Waals surface area contributed by atoms with E-state index in [0.29, 0.717) is 34.1 Å². The molecule has 16 heteroatoms. The summed E-state index contributed by atoms with van der Waals surface area (Å²) in [6, 6.07) is 7.80. The third-order valence-electron chi connectivity index (χ3n) is 9.49. The molecule has 0 saturated carbocycles. The van der Waals surface area contributed by atoms with Crippen LogP contribution < -0.4 is 15.3 Å². The predicted molar refractivity (Wildman–Crippen MR) is 195 cm³/mol. The molecule has 5 rings (SSSR count). The van der Waals surface area contributed by atoms with Gasteiger partial charge in [0.15, 0.2) is 18.8 Å². The Hall–Kier alpha value is -5.25. The Morgan fingerprint density at radius 3 is 2.42 bits per heavy atom. The van der Waals surface area contributed by atoms with Crippen molar-refractivity contribution in [3.8, 4) is 17.0 Å². The van der Waals surface area contributed by atoms with E-state index in [1.165, 1.54) is 20.1 Å². The van der Waals surface area contributed by atoms with Crippen LogP contribution in [0.1, 0.15) is 70.4 Å². The molecule has 2 saturated heterocycles. The summed E-state index contributed by atoms with van der Waals surface area (Å²) >= 11 is 5.95. The number of halogens is 1. The third-order valence-corrected chi connectivity index (χ3v) is 9.74. The maximum Gasteiger partial charge on any atom is 0.339 e. The number of esters is 3. The zero-order chi connectivity index (χ0) is 39.9. The molecule has 0 radical (unpaired) electrons. The number of benzene rings is 1. The lowest BCUT2D eigenvalue weighted by Crippen LogP contribution is -2.66. The molecule has 0 amide bonds. The highest BCUT2D eigenvalue weighted by atomic mass is 35.5. The van der Waals surface area contributed by atoms with Gasteiger partial charge in [0, 0.05) is 41.1 Å². The van der Waals surface area contributed by atoms with Gasteiger partial charge in [-0.2, -0.15) is 0 Å². The summed E-state index contributed by atoms with van der Waals surface area (Å²) in [5, 5.41) is 16.4. The van der Waals surface area contributed by atoms with E-state index in [1.54, 1.807) is 81.5 Å². The van der Waals surface area contributed by atoms with E-state index in [2.05, 4.69) is 5.16 Å². The smallest absolute Gasteiger partial charge is 0.339 e. The molecule has 294 valence electrons.